The van der Waals surface area contributed by atoms with E-state index >= 15 is 0 Å². The molecule has 8 rings (SSSR count). The molecule has 4 bridgehead atoms. The smallest absolute Gasteiger partial charge is 0.322 e. The van der Waals surface area contributed by atoms with Crippen LogP contribution in [0.4, 0.5) is 27.7 Å². The van der Waals surface area contributed by atoms with Gasteiger partial charge in [-0.25, -0.2) is 18.2 Å². The van der Waals surface area contributed by atoms with E-state index in [4.69, 9.17) is 10.7 Å². The predicted molar refractivity (Wildman–Crippen MR) is 171 cm³/mol. The monoisotopic (exact) mass is 621 g/mol. The lowest BCUT2D eigenvalue weighted by Gasteiger charge is -2.59. The second-order valence-corrected chi connectivity index (χ2v) is 16.0. The number of aromatic nitrogens is 1. The first-order valence-corrected chi connectivity index (χ1v) is 18.0. The number of amides is 3. The van der Waals surface area contributed by atoms with Crippen LogP contribution in [-0.2, 0) is 14.6 Å². The number of nitrogens with two attached hydrogens (primary N) is 1. The van der Waals surface area contributed by atoms with Crippen molar-refractivity contribution in [3.05, 3.63) is 42.6 Å². The highest BCUT2D eigenvalue weighted by molar-refractivity contribution is 7.90. The first-order valence-electron chi connectivity index (χ1n) is 15.9. The number of primary amides is 1. The van der Waals surface area contributed by atoms with Gasteiger partial charge in [-0.15, -0.1) is 0 Å². The number of sulfone groups is 1. The molecule has 3 unspecified atom stereocenters. The Hall–Kier alpha value is -3.38. The molecule has 236 valence electrons. The zero-order valence-corrected chi connectivity index (χ0v) is 26.2. The number of urea groups is 1. The summed E-state index contributed by atoms with van der Waals surface area (Å²) in [6.07, 6.45) is 7.85. The quantitative estimate of drug-likeness (QED) is 0.483. The maximum absolute atomic E-state index is 13.8. The van der Waals surface area contributed by atoms with E-state index in [0.717, 1.165) is 81.2 Å². The lowest BCUT2D eigenvalue weighted by Crippen LogP contribution is -2.63. The minimum atomic E-state index is -2.96. The number of carbonyl (C=O) groups is 2. The summed E-state index contributed by atoms with van der Waals surface area (Å²) in [5.74, 6) is 2.05. The maximum atomic E-state index is 13.8. The third-order valence-corrected chi connectivity index (χ3v) is 11.8. The molecule has 5 fully saturated rings. The molecule has 3 amide bonds. The molecule has 3 heterocycles. The van der Waals surface area contributed by atoms with E-state index in [1.54, 1.807) is 0 Å². The molecule has 44 heavy (non-hydrogen) atoms. The normalized spacial score (nSPS) is 29.9. The minimum absolute atomic E-state index is 0.0679. The number of pyridine rings is 1. The fourth-order valence-corrected chi connectivity index (χ4v) is 9.43. The fraction of sp³-hybridized carbons (Fsp3) is 0.594. The Balaban J connectivity index is 1.01. The Bertz CT molecular complexity index is 1510. The Kier molecular flexibility index (Phi) is 7.47. The van der Waals surface area contributed by atoms with Crippen LogP contribution >= 0.6 is 0 Å². The summed E-state index contributed by atoms with van der Waals surface area (Å²) < 4.78 is 23.0. The lowest BCUT2D eigenvalue weighted by atomic mass is 9.47. The SMILES string of the molecule is CS(=O)(=O)CCN1CCN(c2ccc(N3CCN(C(=O)NC4[C@@H]5CC6C[C@H]4CC(C(N)=O)(C6)C5)c4ccccc43)nc2)CC1. The molecule has 1 aromatic heterocycles. The third-order valence-electron chi connectivity index (χ3n) is 10.9. The number of anilines is 4. The number of benzene rings is 1. The number of hydrogen-bond donors (Lipinski definition) is 2. The van der Waals surface area contributed by atoms with Gasteiger partial charge in [-0.05, 0) is 74.1 Å². The zero-order chi connectivity index (χ0) is 30.6. The van der Waals surface area contributed by atoms with Crippen molar-refractivity contribution in [3.63, 3.8) is 0 Å². The molecule has 0 radical (unpaired) electrons. The van der Waals surface area contributed by atoms with Crippen molar-refractivity contribution in [2.75, 3.05) is 72.5 Å². The van der Waals surface area contributed by atoms with E-state index in [1.165, 1.54) is 6.26 Å². The van der Waals surface area contributed by atoms with Crippen LogP contribution in [0.5, 0.6) is 0 Å². The van der Waals surface area contributed by atoms with Gasteiger partial charge in [0.1, 0.15) is 15.7 Å². The van der Waals surface area contributed by atoms with Crippen molar-refractivity contribution in [1.29, 1.82) is 0 Å². The van der Waals surface area contributed by atoms with Crippen molar-refractivity contribution in [2.24, 2.45) is 28.9 Å². The van der Waals surface area contributed by atoms with Crippen LogP contribution in [0.15, 0.2) is 42.6 Å². The molecular formula is C32H43N7O4S. The van der Waals surface area contributed by atoms with Crippen molar-refractivity contribution < 1.29 is 18.0 Å². The van der Waals surface area contributed by atoms with Crippen LogP contribution in [0.25, 0.3) is 0 Å². The summed E-state index contributed by atoms with van der Waals surface area (Å²) >= 11 is 0. The Morgan fingerprint density at radius 1 is 0.955 bits per heavy atom. The maximum Gasteiger partial charge on any atom is 0.322 e. The molecule has 0 spiro atoms. The average Bonchev–Trinajstić information content (AvgIpc) is 3.01. The zero-order valence-electron chi connectivity index (χ0n) is 25.4. The van der Waals surface area contributed by atoms with Crippen LogP contribution in [0.2, 0.25) is 0 Å². The van der Waals surface area contributed by atoms with Gasteiger partial charge >= 0.3 is 6.03 Å². The number of piperazine rings is 1. The molecule has 1 saturated heterocycles. The molecule has 5 atom stereocenters. The number of nitrogens with zero attached hydrogens (tertiary/aromatic N) is 5. The molecule has 4 saturated carbocycles. The summed E-state index contributed by atoms with van der Waals surface area (Å²) in [5.41, 5.74) is 8.38. The van der Waals surface area contributed by atoms with Crippen molar-refractivity contribution >= 4 is 44.7 Å². The van der Waals surface area contributed by atoms with E-state index in [9.17, 15) is 18.0 Å². The third kappa shape index (κ3) is 5.51. The second-order valence-electron chi connectivity index (χ2n) is 13.7. The van der Waals surface area contributed by atoms with Crippen LogP contribution in [0.1, 0.15) is 32.1 Å². The molecule has 2 aliphatic heterocycles. The van der Waals surface area contributed by atoms with E-state index in [2.05, 4.69) is 26.1 Å². The average molecular weight is 622 g/mol. The summed E-state index contributed by atoms with van der Waals surface area (Å²) in [6, 6.07) is 12.2. The standard InChI is InChI=1S/C32H43N7O4S/c1-44(42,43)15-14-36-8-10-37(11-9-36)25-6-7-28(34-21-25)38-12-13-39(27-5-3-2-4-26(27)38)31(41)35-29-23-16-22-17-24(29)20-32(18-22,19-23)30(33)40/h2-7,21-24,29H,8-20H2,1H3,(H2,33,40)(H,35,41)/t22?,23-,24+,29?,32?. The van der Waals surface area contributed by atoms with E-state index in [0.29, 0.717) is 37.4 Å². The van der Waals surface area contributed by atoms with Gasteiger partial charge in [0.2, 0.25) is 5.91 Å². The van der Waals surface area contributed by atoms with Gasteiger partial charge in [-0.1, -0.05) is 12.1 Å². The molecule has 2 aromatic rings. The number of carbonyl (C=O) groups excluding carboxylic acids is 2. The highest BCUT2D eigenvalue weighted by atomic mass is 32.2. The summed E-state index contributed by atoms with van der Waals surface area (Å²) in [4.78, 5) is 39.5. The number of para-hydroxylation sites is 2. The number of hydrogen-bond acceptors (Lipinski definition) is 8. The highest BCUT2D eigenvalue weighted by Gasteiger charge is 2.58. The molecule has 12 heteroatoms. The summed E-state index contributed by atoms with van der Waals surface area (Å²) in [7, 11) is -2.96. The van der Waals surface area contributed by atoms with Gasteiger partial charge in [0, 0.05) is 63.5 Å². The number of fused-ring (bicyclic) bond motifs is 1. The Morgan fingerprint density at radius 2 is 1.66 bits per heavy atom. The van der Waals surface area contributed by atoms with E-state index < -0.39 is 9.84 Å². The molecule has 11 nitrogen and oxygen atoms in total. The van der Waals surface area contributed by atoms with Crippen LogP contribution in [-0.4, -0.2) is 94.1 Å². The lowest BCUT2D eigenvalue weighted by molar-refractivity contribution is -0.145. The molecular weight excluding hydrogens is 578 g/mol. The number of nitrogens with one attached hydrogen (secondary N) is 1. The van der Waals surface area contributed by atoms with Gasteiger partial charge in [-0.2, -0.15) is 0 Å². The molecule has 4 aliphatic carbocycles. The van der Waals surface area contributed by atoms with Crippen LogP contribution in [0, 0.1) is 23.2 Å². The topological polar surface area (TPSA) is 132 Å². The molecule has 6 aliphatic rings. The highest BCUT2D eigenvalue weighted by Crippen LogP contribution is 2.60. The van der Waals surface area contributed by atoms with Gasteiger partial charge in [0.05, 0.1) is 29.0 Å². The Labute approximate surface area is 259 Å². The first kappa shape index (κ1) is 29.3. The van der Waals surface area contributed by atoms with Crippen molar-refractivity contribution in [2.45, 2.75) is 38.1 Å². The number of rotatable bonds is 7. The van der Waals surface area contributed by atoms with Gasteiger partial charge < -0.3 is 20.9 Å². The van der Waals surface area contributed by atoms with E-state index in [1.807, 2.05) is 41.4 Å². The molecule has 3 N–H and O–H groups in total. The molecule has 1 aromatic carbocycles. The second kappa shape index (κ2) is 11.2. The van der Waals surface area contributed by atoms with Crippen LogP contribution in [0.3, 0.4) is 0 Å². The minimum Gasteiger partial charge on any atom is -0.369 e. The summed E-state index contributed by atoms with van der Waals surface area (Å²) in [6.45, 7) is 5.04. The predicted octanol–water partition coefficient (Wildman–Crippen LogP) is 2.60. The fourth-order valence-electron chi connectivity index (χ4n) is 8.84. The van der Waals surface area contributed by atoms with Crippen LogP contribution < -0.4 is 25.8 Å². The van der Waals surface area contributed by atoms with Crippen molar-refractivity contribution in [1.82, 2.24) is 15.2 Å². The van der Waals surface area contributed by atoms with Gasteiger partial charge in [0.15, 0.2) is 0 Å². The van der Waals surface area contributed by atoms with Gasteiger partial charge in [-0.3, -0.25) is 14.6 Å². The first-order chi connectivity index (χ1) is 21.1. The summed E-state index contributed by atoms with van der Waals surface area (Å²) in [5, 5.41) is 3.41. The van der Waals surface area contributed by atoms with Crippen molar-refractivity contribution in [3.8, 4) is 0 Å². The largest absolute Gasteiger partial charge is 0.369 e. The Morgan fingerprint density at radius 3 is 2.30 bits per heavy atom. The van der Waals surface area contributed by atoms with E-state index in [-0.39, 0.29) is 29.1 Å². The van der Waals surface area contributed by atoms with Gasteiger partial charge in [0.25, 0.3) is 0 Å².